The quantitative estimate of drug-likeness (QED) is 0.706. The molecule has 0 aliphatic heterocycles. The van der Waals surface area contributed by atoms with Crippen LogP contribution in [0.25, 0.3) is 0 Å². The molecular formula is C11H11N3. The van der Waals surface area contributed by atoms with E-state index in [1.165, 1.54) is 0 Å². The number of nitrogen functional groups attached to an aromatic ring is 1. The Morgan fingerprint density at radius 3 is 2.43 bits per heavy atom. The van der Waals surface area contributed by atoms with Gasteiger partial charge in [0.15, 0.2) is 0 Å². The van der Waals surface area contributed by atoms with Crippen LogP contribution in [0.5, 0.6) is 0 Å². The molecule has 0 unspecified atom stereocenters. The van der Waals surface area contributed by atoms with Gasteiger partial charge in [-0.15, -0.1) is 0 Å². The number of aromatic nitrogens is 1. The summed E-state index contributed by atoms with van der Waals surface area (Å²) in [4.78, 5) is 3.94. The largest absolute Gasteiger partial charge is 0.397 e. The van der Waals surface area contributed by atoms with E-state index < -0.39 is 0 Å². The Labute approximate surface area is 82.6 Å². The van der Waals surface area contributed by atoms with Crippen molar-refractivity contribution in [1.29, 1.82) is 0 Å². The Morgan fingerprint density at radius 1 is 1.00 bits per heavy atom. The van der Waals surface area contributed by atoms with E-state index in [1.54, 1.807) is 12.4 Å². The lowest BCUT2D eigenvalue weighted by molar-refractivity contribution is 1.32. The Hall–Kier alpha value is -2.03. The van der Waals surface area contributed by atoms with Gasteiger partial charge in [-0.3, -0.25) is 4.98 Å². The minimum absolute atomic E-state index is 0.740. The van der Waals surface area contributed by atoms with Crippen LogP contribution < -0.4 is 11.1 Å². The van der Waals surface area contributed by atoms with Crippen LogP contribution in [-0.4, -0.2) is 4.98 Å². The Morgan fingerprint density at radius 2 is 1.71 bits per heavy atom. The topological polar surface area (TPSA) is 50.9 Å². The molecule has 0 fully saturated rings. The SMILES string of the molecule is Nc1ccccc1Nc1ccncc1. The maximum atomic E-state index is 5.79. The number of hydrogen-bond acceptors (Lipinski definition) is 3. The molecule has 0 saturated carbocycles. The van der Waals surface area contributed by atoms with E-state index in [9.17, 15) is 0 Å². The Balaban J connectivity index is 2.24. The first-order valence-electron chi connectivity index (χ1n) is 4.38. The van der Waals surface area contributed by atoms with Crippen molar-refractivity contribution in [3.05, 3.63) is 48.8 Å². The van der Waals surface area contributed by atoms with Crippen LogP contribution >= 0.6 is 0 Å². The lowest BCUT2D eigenvalue weighted by Crippen LogP contribution is -1.95. The normalized spacial score (nSPS) is 9.71. The summed E-state index contributed by atoms with van der Waals surface area (Å²) in [6, 6.07) is 11.4. The molecule has 70 valence electrons. The molecule has 2 aromatic rings. The average molecular weight is 185 g/mol. The number of pyridine rings is 1. The van der Waals surface area contributed by atoms with Gasteiger partial charge in [0.2, 0.25) is 0 Å². The number of para-hydroxylation sites is 2. The van der Waals surface area contributed by atoms with Crippen LogP contribution in [0.4, 0.5) is 17.1 Å². The van der Waals surface area contributed by atoms with Gasteiger partial charge >= 0.3 is 0 Å². The zero-order valence-corrected chi connectivity index (χ0v) is 7.64. The third-order valence-electron chi connectivity index (χ3n) is 1.92. The lowest BCUT2D eigenvalue weighted by atomic mass is 10.2. The van der Waals surface area contributed by atoms with Crippen molar-refractivity contribution in [3.8, 4) is 0 Å². The summed E-state index contributed by atoms with van der Waals surface area (Å²) in [6.45, 7) is 0. The second-order valence-corrected chi connectivity index (χ2v) is 2.95. The standard InChI is InChI=1S/C11H11N3/c12-10-3-1-2-4-11(10)14-9-5-7-13-8-6-9/h1-8H,12H2,(H,13,14). The van der Waals surface area contributed by atoms with Crippen molar-refractivity contribution in [2.24, 2.45) is 0 Å². The molecule has 1 aromatic carbocycles. The average Bonchev–Trinajstić information content (AvgIpc) is 2.23. The molecule has 2 rings (SSSR count). The van der Waals surface area contributed by atoms with Crippen molar-refractivity contribution >= 4 is 17.1 Å². The minimum Gasteiger partial charge on any atom is -0.397 e. The van der Waals surface area contributed by atoms with Crippen molar-refractivity contribution in [1.82, 2.24) is 4.98 Å². The first-order valence-corrected chi connectivity index (χ1v) is 4.38. The second-order valence-electron chi connectivity index (χ2n) is 2.95. The highest BCUT2D eigenvalue weighted by Crippen LogP contribution is 2.21. The zero-order valence-electron chi connectivity index (χ0n) is 7.64. The fraction of sp³-hybridized carbons (Fsp3) is 0. The summed E-state index contributed by atoms with van der Waals surface area (Å²) >= 11 is 0. The summed E-state index contributed by atoms with van der Waals surface area (Å²) in [5, 5.41) is 3.21. The molecule has 3 heteroatoms. The molecule has 1 aromatic heterocycles. The second kappa shape index (κ2) is 3.79. The van der Waals surface area contributed by atoms with Gasteiger partial charge in [-0.2, -0.15) is 0 Å². The molecule has 3 nitrogen and oxygen atoms in total. The maximum Gasteiger partial charge on any atom is 0.0617 e. The van der Waals surface area contributed by atoms with Gasteiger partial charge in [0.1, 0.15) is 0 Å². The van der Waals surface area contributed by atoms with Gasteiger partial charge in [0.05, 0.1) is 11.4 Å². The number of nitrogens with one attached hydrogen (secondary N) is 1. The van der Waals surface area contributed by atoms with Gasteiger partial charge in [-0.25, -0.2) is 0 Å². The van der Waals surface area contributed by atoms with Crippen LogP contribution in [-0.2, 0) is 0 Å². The predicted octanol–water partition coefficient (Wildman–Crippen LogP) is 2.41. The Kier molecular flexibility index (Phi) is 2.32. The summed E-state index contributed by atoms with van der Waals surface area (Å²) in [7, 11) is 0. The van der Waals surface area contributed by atoms with Crippen LogP contribution in [0.15, 0.2) is 48.8 Å². The molecule has 14 heavy (non-hydrogen) atoms. The number of nitrogens with zero attached hydrogens (tertiary/aromatic N) is 1. The molecule has 0 aliphatic carbocycles. The molecule has 3 N–H and O–H groups in total. The van der Waals surface area contributed by atoms with E-state index in [0.717, 1.165) is 17.1 Å². The zero-order chi connectivity index (χ0) is 9.80. The van der Waals surface area contributed by atoms with E-state index in [2.05, 4.69) is 10.3 Å². The predicted molar refractivity (Wildman–Crippen MR) is 58.4 cm³/mol. The molecule has 0 amide bonds. The molecule has 0 atom stereocenters. The van der Waals surface area contributed by atoms with Crippen molar-refractivity contribution in [2.75, 3.05) is 11.1 Å². The van der Waals surface area contributed by atoms with Crippen LogP contribution in [0.2, 0.25) is 0 Å². The molecule has 0 aliphatic rings. The maximum absolute atomic E-state index is 5.79. The number of benzene rings is 1. The van der Waals surface area contributed by atoms with E-state index in [4.69, 9.17) is 5.73 Å². The third kappa shape index (κ3) is 1.82. The van der Waals surface area contributed by atoms with Gasteiger partial charge in [0, 0.05) is 18.1 Å². The summed E-state index contributed by atoms with van der Waals surface area (Å²) in [5.74, 6) is 0. The summed E-state index contributed by atoms with van der Waals surface area (Å²) in [6.07, 6.45) is 3.48. The van der Waals surface area contributed by atoms with Gasteiger partial charge in [-0.05, 0) is 24.3 Å². The van der Waals surface area contributed by atoms with Gasteiger partial charge in [-0.1, -0.05) is 12.1 Å². The number of hydrogen-bond donors (Lipinski definition) is 2. The number of anilines is 3. The Bertz CT molecular complexity index is 412. The summed E-state index contributed by atoms with van der Waals surface area (Å²) in [5.41, 5.74) is 8.43. The van der Waals surface area contributed by atoms with E-state index in [-0.39, 0.29) is 0 Å². The van der Waals surface area contributed by atoms with Crippen LogP contribution in [0.1, 0.15) is 0 Å². The first-order chi connectivity index (χ1) is 6.86. The molecular weight excluding hydrogens is 174 g/mol. The van der Waals surface area contributed by atoms with Crippen LogP contribution in [0, 0.1) is 0 Å². The first kappa shape index (κ1) is 8.56. The van der Waals surface area contributed by atoms with Crippen molar-refractivity contribution in [2.45, 2.75) is 0 Å². The minimum atomic E-state index is 0.740. The highest BCUT2D eigenvalue weighted by molar-refractivity contribution is 5.71. The molecule has 1 heterocycles. The molecule has 0 saturated heterocycles. The van der Waals surface area contributed by atoms with Crippen LogP contribution in [0.3, 0.4) is 0 Å². The van der Waals surface area contributed by atoms with Crippen molar-refractivity contribution in [3.63, 3.8) is 0 Å². The third-order valence-corrected chi connectivity index (χ3v) is 1.92. The fourth-order valence-electron chi connectivity index (χ4n) is 1.20. The van der Waals surface area contributed by atoms with Gasteiger partial charge < -0.3 is 11.1 Å². The smallest absolute Gasteiger partial charge is 0.0617 e. The molecule has 0 spiro atoms. The lowest BCUT2D eigenvalue weighted by Gasteiger charge is -2.07. The number of rotatable bonds is 2. The highest BCUT2D eigenvalue weighted by Gasteiger charge is 1.96. The highest BCUT2D eigenvalue weighted by atomic mass is 14.9. The van der Waals surface area contributed by atoms with E-state index in [0.29, 0.717) is 0 Å². The number of nitrogens with two attached hydrogens (primary N) is 1. The summed E-state index contributed by atoms with van der Waals surface area (Å²) < 4.78 is 0. The fourth-order valence-corrected chi connectivity index (χ4v) is 1.20. The van der Waals surface area contributed by atoms with Crippen molar-refractivity contribution < 1.29 is 0 Å². The van der Waals surface area contributed by atoms with Gasteiger partial charge in [0.25, 0.3) is 0 Å². The van der Waals surface area contributed by atoms with E-state index >= 15 is 0 Å². The monoisotopic (exact) mass is 185 g/mol. The molecule has 0 bridgehead atoms. The molecule has 0 radical (unpaired) electrons. The van der Waals surface area contributed by atoms with E-state index in [1.807, 2.05) is 36.4 Å².